The highest BCUT2D eigenvalue weighted by atomic mass is 19.2. The maximum Gasteiger partial charge on any atom is 0.257 e. The monoisotopic (exact) mass is 381 g/mol. The molecule has 5 nitrogen and oxygen atoms in total. The van der Waals surface area contributed by atoms with Crippen molar-refractivity contribution in [2.24, 2.45) is 0 Å². The summed E-state index contributed by atoms with van der Waals surface area (Å²) in [5.74, 6) is -3.09. The van der Waals surface area contributed by atoms with Crippen LogP contribution in [-0.4, -0.2) is 16.8 Å². The average Bonchev–Trinajstić information content (AvgIpc) is 2.71. The predicted molar refractivity (Wildman–Crippen MR) is 102 cm³/mol. The third-order valence-corrected chi connectivity index (χ3v) is 4.06. The second kappa shape index (κ2) is 8.39. The lowest BCUT2D eigenvalue weighted by atomic mass is 10.1. The van der Waals surface area contributed by atoms with Gasteiger partial charge in [0.2, 0.25) is 0 Å². The first-order valence-electron chi connectivity index (χ1n) is 8.58. The minimum absolute atomic E-state index is 0.0924. The van der Waals surface area contributed by atoms with Crippen LogP contribution in [0.2, 0.25) is 0 Å². The molecule has 1 aromatic heterocycles. The first kappa shape index (κ1) is 19.2. The number of pyridine rings is 1. The van der Waals surface area contributed by atoms with Crippen molar-refractivity contribution >= 4 is 23.2 Å². The number of carbonyl (C=O) groups is 2. The summed E-state index contributed by atoms with van der Waals surface area (Å²) in [6.45, 7) is 2.04. The Bertz CT molecular complexity index is 1020. The Hall–Kier alpha value is -3.61. The number of benzene rings is 2. The second-order valence-corrected chi connectivity index (χ2v) is 6.05. The number of nitrogens with zero attached hydrogens (tertiary/aromatic N) is 1. The molecule has 3 aromatic rings. The lowest BCUT2D eigenvalue weighted by molar-refractivity contribution is 0.102. The minimum Gasteiger partial charge on any atom is -0.322 e. The van der Waals surface area contributed by atoms with Gasteiger partial charge in [-0.2, -0.15) is 0 Å². The molecule has 0 radical (unpaired) electrons. The molecule has 28 heavy (non-hydrogen) atoms. The molecule has 0 aliphatic rings. The Labute approximate surface area is 160 Å². The SMILES string of the molecule is CCc1ccc(NC(=O)c2cncc(C(=O)Nc3ccc(F)c(F)c3)c2)cc1. The van der Waals surface area contributed by atoms with Crippen molar-refractivity contribution in [2.75, 3.05) is 10.6 Å². The molecule has 0 saturated heterocycles. The van der Waals surface area contributed by atoms with Crippen LogP contribution in [0.4, 0.5) is 20.2 Å². The highest BCUT2D eigenvalue weighted by Crippen LogP contribution is 2.15. The van der Waals surface area contributed by atoms with Crippen molar-refractivity contribution < 1.29 is 18.4 Å². The zero-order valence-corrected chi connectivity index (χ0v) is 15.0. The number of hydrogen-bond donors (Lipinski definition) is 2. The van der Waals surface area contributed by atoms with E-state index in [0.717, 1.165) is 24.1 Å². The number of hydrogen-bond acceptors (Lipinski definition) is 3. The quantitative estimate of drug-likeness (QED) is 0.687. The summed E-state index contributed by atoms with van der Waals surface area (Å²) in [4.78, 5) is 28.6. The fourth-order valence-corrected chi connectivity index (χ4v) is 2.49. The van der Waals surface area contributed by atoms with Crippen LogP contribution in [0, 0.1) is 11.6 Å². The van der Waals surface area contributed by atoms with E-state index < -0.39 is 23.4 Å². The zero-order valence-electron chi connectivity index (χ0n) is 15.0. The van der Waals surface area contributed by atoms with Gasteiger partial charge in [0.1, 0.15) is 0 Å². The van der Waals surface area contributed by atoms with Gasteiger partial charge in [-0.3, -0.25) is 14.6 Å². The smallest absolute Gasteiger partial charge is 0.257 e. The first-order valence-corrected chi connectivity index (χ1v) is 8.58. The Balaban J connectivity index is 1.72. The molecular formula is C21H17F2N3O2. The zero-order chi connectivity index (χ0) is 20.1. The topological polar surface area (TPSA) is 71.1 Å². The lowest BCUT2D eigenvalue weighted by Crippen LogP contribution is -2.16. The van der Waals surface area contributed by atoms with Gasteiger partial charge in [0.25, 0.3) is 11.8 Å². The molecule has 142 valence electrons. The third-order valence-electron chi connectivity index (χ3n) is 4.06. The highest BCUT2D eigenvalue weighted by molar-refractivity contribution is 6.08. The number of aromatic nitrogens is 1. The molecule has 0 spiro atoms. The van der Waals surface area contributed by atoms with Gasteiger partial charge in [-0.05, 0) is 42.3 Å². The van der Waals surface area contributed by atoms with Gasteiger partial charge in [-0.1, -0.05) is 19.1 Å². The molecule has 0 saturated carbocycles. The summed E-state index contributed by atoms with van der Waals surface area (Å²) in [5.41, 5.74) is 2.17. The number of carbonyl (C=O) groups excluding carboxylic acids is 2. The molecule has 0 bridgehead atoms. The Morgan fingerprint density at radius 2 is 1.39 bits per heavy atom. The summed E-state index contributed by atoms with van der Waals surface area (Å²) in [5, 5.41) is 5.17. The second-order valence-electron chi connectivity index (χ2n) is 6.05. The number of amides is 2. The van der Waals surface area contributed by atoms with Gasteiger partial charge in [-0.25, -0.2) is 8.78 Å². The molecular weight excluding hydrogens is 364 g/mol. The Morgan fingerprint density at radius 1 is 0.821 bits per heavy atom. The van der Waals surface area contributed by atoms with Crippen LogP contribution in [-0.2, 0) is 6.42 Å². The van der Waals surface area contributed by atoms with Gasteiger partial charge < -0.3 is 10.6 Å². The van der Waals surface area contributed by atoms with E-state index in [1.54, 1.807) is 12.1 Å². The van der Waals surface area contributed by atoms with Crippen molar-refractivity contribution in [1.82, 2.24) is 4.98 Å². The molecule has 0 aliphatic carbocycles. The van der Waals surface area contributed by atoms with Crippen LogP contribution in [0.15, 0.2) is 60.9 Å². The normalized spacial score (nSPS) is 10.4. The molecule has 0 unspecified atom stereocenters. The number of anilines is 2. The van der Waals surface area contributed by atoms with E-state index >= 15 is 0 Å². The molecule has 0 atom stereocenters. The maximum absolute atomic E-state index is 13.3. The van der Waals surface area contributed by atoms with Crippen LogP contribution in [0.25, 0.3) is 0 Å². The number of aryl methyl sites for hydroxylation is 1. The highest BCUT2D eigenvalue weighted by Gasteiger charge is 2.13. The van der Waals surface area contributed by atoms with Crippen LogP contribution in [0.1, 0.15) is 33.2 Å². The van der Waals surface area contributed by atoms with E-state index in [1.807, 2.05) is 19.1 Å². The van der Waals surface area contributed by atoms with Crippen molar-refractivity contribution in [3.05, 3.63) is 89.2 Å². The van der Waals surface area contributed by atoms with Crippen molar-refractivity contribution in [2.45, 2.75) is 13.3 Å². The van der Waals surface area contributed by atoms with Crippen molar-refractivity contribution in [3.8, 4) is 0 Å². The summed E-state index contributed by atoms with van der Waals surface area (Å²) < 4.78 is 26.2. The first-order chi connectivity index (χ1) is 13.5. The van der Waals surface area contributed by atoms with Crippen LogP contribution in [0.3, 0.4) is 0 Å². The predicted octanol–water partition coefficient (Wildman–Crippen LogP) is 4.43. The van der Waals surface area contributed by atoms with Crippen molar-refractivity contribution in [1.29, 1.82) is 0 Å². The molecule has 7 heteroatoms. The largest absolute Gasteiger partial charge is 0.322 e. The molecule has 0 aliphatic heterocycles. The van der Waals surface area contributed by atoms with Crippen LogP contribution < -0.4 is 10.6 Å². The van der Waals surface area contributed by atoms with E-state index in [2.05, 4.69) is 15.6 Å². The summed E-state index contributed by atoms with van der Waals surface area (Å²) in [6.07, 6.45) is 3.51. The lowest BCUT2D eigenvalue weighted by Gasteiger charge is -2.08. The van der Waals surface area contributed by atoms with E-state index in [0.29, 0.717) is 5.69 Å². The average molecular weight is 381 g/mol. The standard InChI is InChI=1S/C21H17F2N3O2/c1-2-13-3-5-16(6-4-13)25-20(27)14-9-15(12-24-11-14)21(28)26-17-7-8-18(22)19(23)10-17/h3-12H,2H2,1H3,(H,25,27)(H,26,28). The van der Waals surface area contributed by atoms with Gasteiger partial charge in [0.05, 0.1) is 11.1 Å². The van der Waals surface area contributed by atoms with E-state index in [-0.39, 0.29) is 16.8 Å². The Morgan fingerprint density at radius 3 is 1.96 bits per heavy atom. The van der Waals surface area contributed by atoms with E-state index in [9.17, 15) is 18.4 Å². The van der Waals surface area contributed by atoms with Gasteiger partial charge in [0.15, 0.2) is 11.6 Å². The number of rotatable bonds is 5. The van der Waals surface area contributed by atoms with Crippen LogP contribution in [0.5, 0.6) is 0 Å². The number of halogens is 2. The fourth-order valence-electron chi connectivity index (χ4n) is 2.49. The molecule has 2 N–H and O–H groups in total. The molecule has 1 heterocycles. The summed E-state index contributed by atoms with van der Waals surface area (Å²) >= 11 is 0. The van der Waals surface area contributed by atoms with Crippen LogP contribution >= 0.6 is 0 Å². The van der Waals surface area contributed by atoms with E-state index in [4.69, 9.17) is 0 Å². The summed E-state index contributed by atoms with van der Waals surface area (Å²) in [7, 11) is 0. The molecule has 2 aromatic carbocycles. The van der Waals surface area contributed by atoms with Gasteiger partial charge in [-0.15, -0.1) is 0 Å². The maximum atomic E-state index is 13.3. The molecule has 2 amide bonds. The fraction of sp³-hybridized carbons (Fsp3) is 0.0952. The minimum atomic E-state index is -1.07. The van der Waals surface area contributed by atoms with Crippen molar-refractivity contribution in [3.63, 3.8) is 0 Å². The molecule has 0 fully saturated rings. The Kier molecular flexibility index (Phi) is 5.74. The summed E-state index contributed by atoms with van der Waals surface area (Å²) in [6, 6.07) is 11.8. The van der Waals surface area contributed by atoms with Gasteiger partial charge in [0, 0.05) is 29.8 Å². The van der Waals surface area contributed by atoms with Gasteiger partial charge >= 0.3 is 0 Å². The third kappa shape index (κ3) is 4.56. The number of nitrogens with one attached hydrogen (secondary N) is 2. The molecule has 3 rings (SSSR count). The van der Waals surface area contributed by atoms with E-state index in [1.165, 1.54) is 24.5 Å².